The summed E-state index contributed by atoms with van der Waals surface area (Å²) in [6.07, 6.45) is 42.8. The molecule has 0 unspecified atom stereocenters. The number of halogens is 2. The number of benzene rings is 1. The summed E-state index contributed by atoms with van der Waals surface area (Å²) in [6, 6.07) is 3.86. The van der Waals surface area contributed by atoms with Crippen LogP contribution in [0.25, 0.3) is 6.08 Å². The smallest absolute Gasteiger partial charge is 0.354 e. The maximum absolute atomic E-state index is 16.4. The number of unbranched alkanes of at least 4 members (excludes halogenated alkanes) is 26. The maximum atomic E-state index is 16.4. The number of H-pyrrole nitrogens is 1. The molecule has 0 radical (unpaired) electrons. The normalized spacial score (nSPS) is 17.5. The molecule has 1 aromatic heterocycles. The number of amides is 3. The van der Waals surface area contributed by atoms with E-state index in [1.165, 1.54) is 165 Å². The Kier molecular flexibility index (Phi) is 30.2. The fraction of sp³-hybridized carbons (Fsp3) is 0.754. The van der Waals surface area contributed by atoms with Crippen LogP contribution >= 0.6 is 7.60 Å². The largest absolute Gasteiger partial charge is 0.404 e. The van der Waals surface area contributed by atoms with Gasteiger partial charge in [0.15, 0.2) is 0 Å². The van der Waals surface area contributed by atoms with Gasteiger partial charge in [-0.25, -0.2) is 0 Å². The third kappa shape index (κ3) is 22.7. The van der Waals surface area contributed by atoms with Gasteiger partial charge in [-0.2, -0.15) is 13.9 Å². The van der Waals surface area contributed by atoms with Crippen molar-refractivity contribution in [2.45, 2.75) is 256 Å². The lowest BCUT2D eigenvalue weighted by Crippen LogP contribution is -2.54. The Morgan fingerprint density at radius 2 is 1.21 bits per heavy atom. The van der Waals surface area contributed by atoms with Crippen LogP contribution in [0.15, 0.2) is 42.7 Å². The Bertz CT molecular complexity index is 1780. The number of hydrogen-bond acceptors (Lipinski definition) is 7. The highest BCUT2D eigenvalue weighted by atomic mass is 31.2. The number of carbonyl (C=O) groups is 3. The topological polar surface area (TPSA) is 143 Å². The van der Waals surface area contributed by atoms with Gasteiger partial charge in [0.05, 0.1) is 19.4 Å². The van der Waals surface area contributed by atoms with Gasteiger partial charge < -0.3 is 24.6 Å². The third-order valence-electron chi connectivity index (χ3n) is 14.5. The lowest BCUT2D eigenvalue weighted by atomic mass is 10.0. The highest BCUT2D eigenvalue weighted by Gasteiger charge is 2.55. The number of hydrogen-bond donors (Lipinski definition) is 3. The van der Waals surface area contributed by atoms with Crippen LogP contribution in [-0.2, 0) is 40.1 Å². The van der Waals surface area contributed by atoms with Crippen molar-refractivity contribution in [2.24, 2.45) is 0 Å². The van der Waals surface area contributed by atoms with Crippen LogP contribution in [0.1, 0.15) is 242 Å². The molecule has 71 heavy (non-hydrogen) atoms. The van der Waals surface area contributed by atoms with Crippen molar-refractivity contribution in [3.63, 3.8) is 0 Å². The van der Waals surface area contributed by atoms with Crippen LogP contribution in [-0.4, -0.2) is 70.7 Å². The molecule has 3 atom stereocenters. The van der Waals surface area contributed by atoms with Gasteiger partial charge >= 0.3 is 13.3 Å². The summed E-state index contributed by atoms with van der Waals surface area (Å²) in [7, 11) is -4.91. The standard InChI is InChI=1S/C57H94F2N5O6P/c1-3-5-7-9-11-13-15-17-19-21-23-25-27-29-44-69-71(68,70-45-30-28-26-24-22-20-18-16-14-12-10-8-6-4-2)57(58,59)50-37-34-48(35-38-50)36-41-54(65)63-52-33-31-32-51-39-40-53(64(51)56(52)67)55(66)60-43-42-49-46-61-62-47-49/h34-38,41,46-47,51-53H,3-33,39-40,42-45H2,1-2H3,(H,60,66)(H,61,62)(H,63,65)/b41-36+/t51-,52-,53-/m0/s1. The van der Waals surface area contributed by atoms with Crippen LogP contribution in [0.3, 0.4) is 0 Å². The molecule has 4 rings (SSSR count). The summed E-state index contributed by atoms with van der Waals surface area (Å²) in [5.41, 5.74) is -2.92. The van der Waals surface area contributed by atoms with Gasteiger partial charge in [-0.05, 0) is 68.6 Å². The van der Waals surface area contributed by atoms with E-state index >= 15 is 8.78 Å². The van der Waals surface area contributed by atoms with Crippen molar-refractivity contribution in [3.8, 4) is 0 Å². The molecule has 0 bridgehead atoms. The summed E-state index contributed by atoms with van der Waals surface area (Å²) < 4.78 is 58.1. The maximum Gasteiger partial charge on any atom is 0.404 e. The first-order chi connectivity index (χ1) is 34.6. The minimum absolute atomic E-state index is 0.0551. The zero-order valence-electron chi connectivity index (χ0n) is 44.1. The number of aromatic amines is 1. The summed E-state index contributed by atoms with van der Waals surface area (Å²) in [4.78, 5) is 41.9. The number of aromatic nitrogens is 2. The lowest BCUT2D eigenvalue weighted by molar-refractivity contribution is -0.142. The molecule has 3 amide bonds. The predicted molar refractivity (Wildman–Crippen MR) is 284 cm³/mol. The first kappa shape index (κ1) is 60.1. The predicted octanol–water partition coefficient (Wildman–Crippen LogP) is 15.0. The molecule has 2 aliphatic heterocycles. The Morgan fingerprint density at radius 3 is 1.69 bits per heavy atom. The highest BCUT2D eigenvalue weighted by Crippen LogP contribution is 2.67. The van der Waals surface area contributed by atoms with Crippen LogP contribution in [0.2, 0.25) is 0 Å². The lowest BCUT2D eigenvalue weighted by Gasteiger charge is -2.30. The van der Waals surface area contributed by atoms with Gasteiger partial charge in [0, 0.05) is 30.4 Å². The van der Waals surface area contributed by atoms with Gasteiger partial charge in [0.1, 0.15) is 12.1 Å². The Morgan fingerprint density at radius 1 is 0.718 bits per heavy atom. The van der Waals surface area contributed by atoms with Crippen LogP contribution < -0.4 is 10.6 Å². The molecule has 1 aromatic carbocycles. The second-order valence-corrected chi connectivity index (χ2v) is 22.6. The molecule has 2 aromatic rings. The van der Waals surface area contributed by atoms with Crippen molar-refractivity contribution in [2.75, 3.05) is 19.8 Å². The van der Waals surface area contributed by atoms with Crippen LogP contribution in [0, 0.1) is 0 Å². The van der Waals surface area contributed by atoms with Crippen LogP contribution in [0.5, 0.6) is 0 Å². The quantitative estimate of drug-likeness (QED) is 0.0342. The molecule has 3 N–H and O–H groups in total. The molecule has 14 heteroatoms. The second-order valence-electron chi connectivity index (χ2n) is 20.5. The fourth-order valence-corrected chi connectivity index (χ4v) is 11.7. The molecule has 402 valence electrons. The number of fused-ring (bicyclic) bond motifs is 1. The Balaban J connectivity index is 1.24. The van der Waals surface area contributed by atoms with Crippen molar-refractivity contribution >= 4 is 31.4 Å². The molecule has 11 nitrogen and oxygen atoms in total. The molecule has 2 aliphatic rings. The molecule has 0 saturated carbocycles. The molecule has 0 spiro atoms. The number of rotatable bonds is 41. The van der Waals surface area contributed by atoms with E-state index in [2.05, 4.69) is 34.7 Å². The van der Waals surface area contributed by atoms with Crippen LogP contribution in [0.4, 0.5) is 8.78 Å². The molecule has 2 fully saturated rings. The van der Waals surface area contributed by atoms with Gasteiger partial charge in [-0.1, -0.05) is 205 Å². The van der Waals surface area contributed by atoms with Crippen molar-refractivity contribution in [3.05, 3.63) is 59.4 Å². The van der Waals surface area contributed by atoms with Gasteiger partial charge in [-0.15, -0.1) is 0 Å². The Hall–Kier alpha value is -3.41. The first-order valence-corrected chi connectivity index (χ1v) is 30.1. The fourth-order valence-electron chi connectivity index (χ4n) is 10.1. The molecule has 0 aliphatic carbocycles. The monoisotopic (exact) mass is 1010 g/mol. The van der Waals surface area contributed by atoms with Crippen molar-refractivity contribution in [1.29, 1.82) is 0 Å². The van der Waals surface area contributed by atoms with E-state index in [-0.39, 0.29) is 31.1 Å². The van der Waals surface area contributed by atoms with E-state index in [9.17, 15) is 18.9 Å². The van der Waals surface area contributed by atoms with E-state index in [1.807, 2.05) is 0 Å². The second kappa shape index (κ2) is 35.7. The minimum atomic E-state index is -4.91. The number of carbonyl (C=O) groups excluding carboxylic acids is 3. The van der Waals surface area contributed by atoms with Gasteiger partial charge in [0.25, 0.3) is 0 Å². The number of nitrogens with one attached hydrogen (secondary N) is 3. The van der Waals surface area contributed by atoms with Crippen molar-refractivity contribution < 1.29 is 36.8 Å². The summed E-state index contributed by atoms with van der Waals surface area (Å²) >= 11 is 0. The molecule has 2 saturated heterocycles. The SMILES string of the molecule is CCCCCCCCCCCCCCCCOP(=O)(OCCCCCCCCCCCCCCCC)C(F)(F)c1ccc(/C=C/C(=O)N[C@H]2CCC[C@H]3CC[C@@H](C(=O)NCCc4cn[nH]c4)N3C2=O)cc1. The van der Waals surface area contributed by atoms with E-state index in [1.54, 1.807) is 17.3 Å². The first-order valence-electron chi connectivity index (χ1n) is 28.5. The van der Waals surface area contributed by atoms with E-state index in [0.29, 0.717) is 44.2 Å². The van der Waals surface area contributed by atoms with Gasteiger partial charge in [-0.3, -0.25) is 24.0 Å². The zero-order chi connectivity index (χ0) is 50.8. The summed E-state index contributed by atoms with van der Waals surface area (Å²) in [5, 5.41) is 12.5. The highest BCUT2D eigenvalue weighted by molar-refractivity contribution is 7.54. The van der Waals surface area contributed by atoms with E-state index < -0.39 is 36.8 Å². The van der Waals surface area contributed by atoms with E-state index in [0.717, 1.165) is 63.4 Å². The summed E-state index contributed by atoms with van der Waals surface area (Å²) in [6.45, 7) is 4.78. The molecular formula is C57H94F2N5O6P. The van der Waals surface area contributed by atoms with Gasteiger partial charge in [0.2, 0.25) is 17.7 Å². The van der Waals surface area contributed by atoms with E-state index in [4.69, 9.17) is 9.05 Å². The minimum Gasteiger partial charge on any atom is -0.354 e. The average molecular weight is 1010 g/mol. The number of nitrogens with zero attached hydrogens (tertiary/aromatic N) is 2. The zero-order valence-corrected chi connectivity index (χ0v) is 45.0. The molecular weight excluding hydrogens is 920 g/mol. The average Bonchev–Trinajstić information content (AvgIpc) is 4.03. The molecule has 3 heterocycles. The third-order valence-corrected chi connectivity index (χ3v) is 16.5. The van der Waals surface area contributed by atoms with Crippen molar-refractivity contribution in [1.82, 2.24) is 25.7 Å². The summed E-state index contributed by atoms with van der Waals surface area (Å²) in [5.74, 6) is -0.972. The Labute approximate surface area is 427 Å². The number of alkyl halides is 2.